The number of carbonyl (C=O) groups is 1. The van der Waals surface area contributed by atoms with E-state index in [1.807, 2.05) is 32.2 Å². The molecule has 0 bridgehead atoms. The van der Waals surface area contributed by atoms with Crippen LogP contribution in [0.3, 0.4) is 0 Å². The summed E-state index contributed by atoms with van der Waals surface area (Å²) in [5.74, 6) is 1.17. The van der Waals surface area contributed by atoms with Crippen molar-refractivity contribution >= 4 is 22.2 Å². The van der Waals surface area contributed by atoms with Crippen LogP contribution in [-0.4, -0.2) is 36.1 Å². The molecule has 0 spiro atoms. The molecule has 1 heterocycles. The lowest BCUT2D eigenvalue weighted by molar-refractivity contribution is 0.112. The number of aliphatic hydroxyl groups is 1. The minimum absolute atomic E-state index is 0.0609. The Morgan fingerprint density at radius 2 is 2.04 bits per heavy atom. The molecule has 0 amide bonds. The lowest BCUT2D eigenvalue weighted by atomic mass is 9.87. The Morgan fingerprint density at radius 1 is 1.35 bits per heavy atom. The van der Waals surface area contributed by atoms with E-state index in [0.29, 0.717) is 15.9 Å². The second kappa shape index (κ2) is 10.4. The molecule has 0 saturated heterocycles. The van der Waals surface area contributed by atoms with Crippen molar-refractivity contribution in [3.63, 3.8) is 0 Å². The minimum Gasteiger partial charge on any atom is -0.438 e. The molecule has 0 radical (unpaired) electrons. The zero-order chi connectivity index (χ0) is 19.7. The number of aromatic nitrogens is 1. The molecule has 2 aromatic rings. The van der Waals surface area contributed by atoms with Crippen molar-refractivity contribution in [2.75, 3.05) is 13.7 Å². The van der Waals surface area contributed by atoms with Gasteiger partial charge in [0.05, 0.1) is 11.1 Å². The number of benzene rings is 1. The number of halogens is 1. The summed E-state index contributed by atoms with van der Waals surface area (Å²) in [7, 11) is 1.82. The summed E-state index contributed by atoms with van der Waals surface area (Å²) >= 11 is 3.36. The lowest BCUT2D eigenvalue weighted by Crippen LogP contribution is -2.24. The Bertz CT molecular complexity index is 710. The molecule has 0 fully saturated rings. The van der Waals surface area contributed by atoms with E-state index in [0.717, 1.165) is 12.0 Å². The summed E-state index contributed by atoms with van der Waals surface area (Å²) in [6, 6.07) is 9.85. The summed E-state index contributed by atoms with van der Waals surface area (Å²) in [5.41, 5.74) is 1.76. The highest BCUT2D eigenvalue weighted by molar-refractivity contribution is 9.10. The fraction of sp³-hybridized carbons (Fsp3) is 0.400. The molecule has 1 atom stereocenters. The average Bonchev–Trinajstić information content (AvgIpc) is 2.62. The number of aldehydes is 1. The summed E-state index contributed by atoms with van der Waals surface area (Å²) in [6.45, 7) is 8.59. The first-order chi connectivity index (χ1) is 12.2. The third-order valence-electron chi connectivity index (χ3n) is 3.65. The van der Waals surface area contributed by atoms with Gasteiger partial charge in [-0.15, -0.1) is 0 Å². The molecule has 1 unspecified atom stereocenters. The van der Waals surface area contributed by atoms with Gasteiger partial charge in [0.25, 0.3) is 0 Å². The highest BCUT2D eigenvalue weighted by atomic mass is 79.9. The van der Waals surface area contributed by atoms with E-state index in [4.69, 9.17) is 9.84 Å². The zero-order valence-corrected chi connectivity index (χ0v) is 17.5. The van der Waals surface area contributed by atoms with Gasteiger partial charge in [0.2, 0.25) is 5.88 Å². The normalized spacial score (nSPS) is 12.0. The molecular weight excluding hydrogens is 396 g/mol. The number of likely N-dealkylation sites (N-methyl/N-ethyl adjacent to an activating group) is 1. The van der Waals surface area contributed by atoms with Crippen molar-refractivity contribution in [3.05, 3.63) is 52.1 Å². The first-order valence-corrected chi connectivity index (χ1v) is 9.17. The van der Waals surface area contributed by atoms with Crippen LogP contribution in [-0.2, 0) is 5.41 Å². The van der Waals surface area contributed by atoms with Gasteiger partial charge in [-0.25, -0.2) is 4.98 Å². The number of nitrogens with zero attached hydrogens (tertiary/aromatic N) is 1. The second-order valence-electron chi connectivity index (χ2n) is 6.93. The maximum atomic E-state index is 10.7. The van der Waals surface area contributed by atoms with Crippen LogP contribution < -0.4 is 10.1 Å². The number of aliphatic hydroxyl groups excluding tert-OH is 1. The minimum atomic E-state index is 0.0609. The zero-order valence-electron chi connectivity index (χ0n) is 15.9. The van der Waals surface area contributed by atoms with Crippen molar-refractivity contribution in [2.24, 2.45) is 0 Å². The maximum absolute atomic E-state index is 10.7. The summed E-state index contributed by atoms with van der Waals surface area (Å²) < 4.78 is 6.43. The monoisotopic (exact) mass is 422 g/mol. The van der Waals surface area contributed by atoms with Gasteiger partial charge in [-0.2, -0.15) is 0 Å². The van der Waals surface area contributed by atoms with E-state index >= 15 is 0 Å². The first kappa shape index (κ1) is 22.3. The van der Waals surface area contributed by atoms with Crippen LogP contribution >= 0.6 is 15.9 Å². The van der Waals surface area contributed by atoms with E-state index in [1.54, 1.807) is 6.07 Å². The Kier molecular flexibility index (Phi) is 8.92. The molecule has 1 aromatic carbocycles. The van der Waals surface area contributed by atoms with Crippen LogP contribution in [0, 0.1) is 0 Å². The molecule has 2 N–H and O–H groups in total. The average molecular weight is 423 g/mol. The van der Waals surface area contributed by atoms with Gasteiger partial charge in [0, 0.05) is 17.8 Å². The van der Waals surface area contributed by atoms with Crippen LogP contribution in [0.25, 0.3) is 0 Å². The molecule has 1 aromatic heterocycles. The van der Waals surface area contributed by atoms with Crippen LogP contribution in [0.4, 0.5) is 0 Å². The molecule has 0 aliphatic heterocycles. The largest absolute Gasteiger partial charge is 0.438 e. The second-order valence-corrected chi connectivity index (χ2v) is 7.78. The van der Waals surface area contributed by atoms with Gasteiger partial charge in [-0.3, -0.25) is 4.79 Å². The van der Waals surface area contributed by atoms with E-state index in [-0.39, 0.29) is 18.1 Å². The van der Waals surface area contributed by atoms with Crippen LogP contribution in [0.5, 0.6) is 11.6 Å². The SMILES string of the molecule is CC(C)(C)c1cccc(Oc2ncc(C=O)cc2Br)c1.CNC(C)CO. The topological polar surface area (TPSA) is 71.5 Å². The maximum Gasteiger partial charge on any atom is 0.233 e. The fourth-order valence-electron chi connectivity index (χ4n) is 1.81. The lowest BCUT2D eigenvalue weighted by Gasteiger charge is -2.19. The number of ether oxygens (including phenoxy) is 1. The van der Waals surface area contributed by atoms with Crippen LogP contribution in [0.2, 0.25) is 0 Å². The molecule has 5 nitrogen and oxygen atoms in total. The van der Waals surface area contributed by atoms with Gasteiger partial charge in [0.15, 0.2) is 6.29 Å². The number of rotatable bonds is 5. The van der Waals surface area contributed by atoms with Crippen molar-refractivity contribution in [2.45, 2.75) is 39.2 Å². The number of hydrogen-bond acceptors (Lipinski definition) is 5. The number of carbonyl (C=O) groups excluding carboxylic acids is 1. The van der Waals surface area contributed by atoms with Crippen molar-refractivity contribution in [1.82, 2.24) is 10.3 Å². The van der Waals surface area contributed by atoms with Gasteiger partial charge >= 0.3 is 0 Å². The third kappa shape index (κ3) is 7.23. The van der Waals surface area contributed by atoms with Gasteiger partial charge in [-0.05, 0) is 59.1 Å². The number of pyridine rings is 1. The van der Waals surface area contributed by atoms with Gasteiger partial charge in [-0.1, -0.05) is 32.9 Å². The van der Waals surface area contributed by atoms with Crippen LogP contribution in [0.15, 0.2) is 41.0 Å². The molecule has 2 rings (SSSR count). The Morgan fingerprint density at radius 3 is 2.50 bits per heavy atom. The molecule has 0 aliphatic carbocycles. The molecular formula is C20H27BrN2O3. The van der Waals surface area contributed by atoms with Gasteiger partial charge < -0.3 is 15.2 Å². The molecule has 0 saturated carbocycles. The molecule has 0 aliphatic rings. The highest BCUT2D eigenvalue weighted by Crippen LogP contribution is 2.31. The fourth-order valence-corrected chi connectivity index (χ4v) is 2.26. The summed E-state index contributed by atoms with van der Waals surface area (Å²) in [6.07, 6.45) is 2.24. The van der Waals surface area contributed by atoms with Crippen LogP contribution in [0.1, 0.15) is 43.6 Å². The van der Waals surface area contributed by atoms with Crippen molar-refractivity contribution < 1.29 is 14.6 Å². The van der Waals surface area contributed by atoms with Crippen molar-refractivity contribution in [1.29, 1.82) is 0 Å². The van der Waals surface area contributed by atoms with E-state index in [1.165, 1.54) is 11.8 Å². The predicted molar refractivity (Wildman–Crippen MR) is 108 cm³/mol. The Balaban J connectivity index is 0.000000487. The Labute approximate surface area is 163 Å². The molecule has 26 heavy (non-hydrogen) atoms. The molecule has 142 valence electrons. The van der Waals surface area contributed by atoms with E-state index < -0.39 is 0 Å². The molecule has 6 heteroatoms. The summed E-state index contributed by atoms with van der Waals surface area (Å²) in [4.78, 5) is 14.8. The van der Waals surface area contributed by atoms with E-state index in [2.05, 4.69) is 53.1 Å². The van der Waals surface area contributed by atoms with Crippen molar-refractivity contribution in [3.8, 4) is 11.6 Å². The van der Waals surface area contributed by atoms with E-state index in [9.17, 15) is 4.79 Å². The number of hydrogen-bond donors (Lipinski definition) is 2. The van der Waals surface area contributed by atoms with Gasteiger partial charge in [0.1, 0.15) is 5.75 Å². The number of nitrogens with one attached hydrogen (secondary N) is 1. The Hall–Kier alpha value is -1.76. The predicted octanol–water partition coefficient (Wildman–Crippen LogP) is 4.33. The summed E-state index contributed by atoms with van der Waals surface area (Å²) in [5, 5.41) is 11.1. The smallest absolute Gasteiger partial charge is 0.233 e. The first-order valence-electron chi connectivity index (χ1n) is 8.38. The quantitative estimate of drug-likeness (QED) is 0.701. The third-order valence-corrected chi connectivity index (χ3v) is 4.21. The highest BCUT2D eigenvalue weighted by Gasteiger charge is 2.14. The standard InChI is InChI=1S/C16H16BrNO2.C4H11NO/c1-16(2,3)12-5-4-6-13(8-12)20-15-14(17)7-11(10-19)9-18-15;1-4(3-6)5-2/h4-10H,1-3H3;4-6H,3H2,1-2H3.